The lowest BCUT2D eigenvalue weighted by atomic mass is 10.0. The quantitative estimate of drug-likeness (QED) is 0.0261. The molecule has 6 nitrogen and oxygen atoms in total. The second-order valence-corrected chi connectivity index (χ2v) is 24.5. The van der Waals surface area contributed by atoms with Crippen molar-refractivity contribution in [3.05, 3.63) is 48.6 Å². The molecule has 0 radical (unpaired) electrons. The number of allylic oxidation sites excluding steroid dienone is 8. The van der Waals surface area contributed by atoms with E-state index in [0.717, 1.165) is 77.0 Å². The first-order valence-corrected chi connectivity index (χ1v) is 36.1. The zero-order chi connectivity index (χ0) is 58.5. The Balaban J connectivity index is 4.27. The van der Waals surface area contributed by atoms with Crippen LogP contribution in [0.1, 0.15) is 393 Å². The first kappa shape index (κ1) is 78.4. The van der Waals surface area contributed by atoms with Crippen LogP contribution < -0.4 is 0 Å². The maximum Gasteiger partial charge on any atom is 0.306 e. The van der Waals surface area contributed by atoms with Gasteiger partial charge in [0.1, 0.15) is 13.2 Å². The average Bonchev–Trinajstić information content (AvgIpc) is 3.47. The Morgan fingerprint density at radius 2 is 0.444 bits per heavy atom. The van der Waals surface area contributed by atoms with Gasteiger partial charge in [-0.2, -0.15) is 0 Å². The summed E-state index contributed by atoms with van der Waals surface area (Å²) < 4.78 is 17.0. The van der Waals surface area contributed by atoms with Crippen molar-refractivity contribution >= 4 is 17.9 Å². The van der Waals surface area contributed by atoms with Crippen LogP contribution in [-0.2, 0) is 28.6 Å². The van der Waals surface area contributed by atoms with Gasteiger partial charge in [-0.05, 0) is 83.5 Å². The number of carbonyl (C=O) groups excluding carboxylic acids is 3. The summed E-state index contributed by atoms with van der Waals surface area (Å²) in [7, 11) is 0. The van der Waals surface area contributed by atoms with Gasteiger partial charge in [-0.25, -0.2) is 0 Å². The molecule has 0 saturated heterocycles. The maximum atomic E-state index is 13.0. The van der Waals surface area contributed by atoms with E-state index in [9.17, 15) is 14.4 Å². The lowest BCUT2D eigenvalue weighted by molar-refractivity contribution is -0.167. The molecule has 0 aromatic heterocycles. The number of hydrogen-bond donors (Lipinski definition) is 0. The van der Waals surface area contributed by atoms with Crippen molar-refractivity contribution in [1.82, 2.24) is 0 Å². The SMILES string of the molecule is CCCCC/C=C\C/C=C\CCCCCCCCCC(=O)OCC(COC(=O)CCCCCCCCCCCCCCCCC/C=C\C/C=C\CCCCCCC)OC(=O)CCCCCCCCCCCCCCCCCCCCC. The molecule has 0 spiro atoms. The number of rotatable bonds is 67. The van der Waals surface area contributed by atoms with E-state index in [1.807, 2.05) is 0 Å². The first-order valence-electron chi connectivity index (χ1n) is 36.1. The summed E-state index contributed by atoms with van der Waals surface area (Å²) >= 11 is 0. The Morgan fingerprint density at radius 1 is 0.247 bits per heavy atom. The Kier molecular flexibility index (Phi) is 67.6. The van der Waals surface area contributed by atoms with Crippen molar-refractivity contribution < 1.29 is 28.6 Å². The van der Waals surface area contributed by atoms with E-state index < -0.39 is 6.10 Å². The normalized spacial score (nSPS) is 12.3. The van der Waals surface area contributed by atoms with Crippen LogP contribution in [-0.4, -0.2) is 37.2 Å². The van der Waals surface area contributed by atoms with E-state index in [2.05, 4.69) is 69.4 Å². The van der Waals surface area contributed by atoms with Crippen LogP contribution in [0.5, 0.6) is 0 Å². The zero-order valence-corrected chi connectivity index (χ0v) is 54.6. The van der Waals surface area contributed by atoms with Crippen LogP contribution in [0.25, 0.3) is 0 Å². The summed E-state index contributed by atoms with van der Waals surface area (Å²) in [4.78, 5) is 38.5. The zero-order valence-electron chi connectivity index (χ0n) is 54.6. The van der Waals surface area contributed by atoms with Crippen LogP contribution in [0.2, 0.25) is 0 Å². The highest BCUT2D eigenvalue weighted by Gasteiger charge is 2.19. The number of ether oxygens (including phenoxy) is 3. The molecule has 0 aromatic rings. The third-order valence-corrected chi connectivity index (χ3v) is 16.3. The van der Waals surface area contributed by atoms with Gasteiger partial charge in [0, 0.05) is 19.3 Å². The highest BCUT2D eigenvalue weighted by atomic mass is 16.6. The minimum absolute atomic E-state index is 0.0708. The smallest absolute Gasteiger partial charge is 0.306 e. The third kappa shape index (κ3) is 68.0. The molecule has 0 heterocycles. The molecule has 0 aliphatic rings. The van der Waals surface area contributed by atoms with Crippen molar-refractivity contribution in [2.75, 3.05) is 13.2 Å². The molecule has 6 heteroatoms. The predicted molar refractivity (Wildman–Crippen MR) is 353 cm³/mol. The van der Waals surface area contributed by atoms with Crippen LogP contribution >= 0.6 is 0 Å². The second-order valence-electron chi connectivity index (χ2n) is 24.5. The van der Waals surface area contributed by atoms with Crippen molar-refractivity contribution in [1.29, 1.82) is 0 Å². The highest BCUT2D eigenvalue weighted by molar-refractivity contribution is 5.71. The summed E-state index contributed by atoms with van der Waals surface area (Å²) in [5, 5.41) is 0. The first-order chi connectivity index (χ1) is 40.0. The maximum absolute atomic E-state index is 13.0. The van der Waals surface area contributed by atoms with Crippen LogP contribution in [0.3, 0.4) is 0 Å². The topological polar surface area (TPSA) is 78.9 Å². The molecule has 0 bridgehead atoms. The van der Waals surface area contributed by atoms with Gasteiger partial charge in [-0.1, -0.05) is 339 Å². The predicted octanol–water partition coefficient (Wildman–Crippen LogP) is 24.9. The fourth-order valence-corrected chi connectivity index (χ4v) is 10.9. The molecule has 81 heavy (non-hydrogen) atoms. The lowest BCUT2D eigenvalue weighted by Gasteiger charge is -2.18. The molecule has 1 unspecified atom stereocenters. The molecule has 0 fully saturated rings. The fourth-order valence-electron chi connectivity index (χ4n) is 10.9. The van der Waals surface area contributed by atoms with Crippen LogP contribution in [0.15, 0.2) is 48.6 Å². The van der Waals surface area contributed by atoms with Gasteiger partial charge < -0.3 is 14.2 Å². The Hall–Kier alpha value is -2.63. The Morgan fingerprint density at radius 3 is 0.704 bits per heavy atom. The van der Waals surface area contributed by atoms with Crippen molar-refractivity contribution in [3.8, 4) is 0 Å². The minimum atomic E-state index is -0.775. The molecule has 0 saturated carbocycles. The monoisotopic (exact) mass is 1140 g/mol. The molecule has 0 aliphatic carbocycles. The second kappa shape index (κ2) is 69.9. The van der Waals surface area contributed by atoms with Crippen molar-refractivity contribution in [3.63, 3.8) is 0 Å². The van der Waals surface area contributed by atoms with Gasteiger partial charge in [0.05, 0.1) is 0 Å². The summed E-state index contributed by atoms with van der Waals surface area (Å²) in [6, 6.07) is 0. The Bertz CT molecular complexity index is 1400. The molecular weight excluding hydrogens is 997 g/mol. The number of carbonyl (C=O) groups is 3. The van der Waals surface area contributed by atoms with Crippen LogP contribution in [0.4, 0.5) is 0 Å². The summed E-state index contributed by atoms with van der Waals surface area (Å²) in [6.07, 6.45) is 88.5. The summed E-state index contributed by atoms with van der Waals surface area (Å²) in [5.41, 5.74) is 0. The van der Waals surface area contributed by atoms with E-state index in [-0.39, 0.29) is 31.1 Å². The van der Waals surface area contributed by atoms with Crippen molar-refractivity contribution in [2.24, 2.45) is 0 Å². The van der Waals surface area contributed by atoms with Gasteiger partial charge in [0.15, 0.2) is 6.10 Å². The van der Waals surface area contributed by atoms with E-state index in [1.165, 1.54) is 276 Å². The molecule has 0 N–H and O–H groups in total. The Labute approximate surface area is 505 Å². The summed E-state index contributed by atoms with van der Waals surface area (Å²) in [6.45, 7) is 6.67. The van der Waals surface area contributed by atoms with E-state index in [0.29, 0.717) is 19.3 Å². The summed E-state index contributed by atoms with van der Waals surface area (Å²) in [5.74, 6) is -0.850. The number of unbranched alkanes of at least 4 members (excludes halogenated alkanes) is 48. The van der Waals surface area contributed by atoms with Gasteiger partial charge in [0.2, 0.25) is 0 Å². The van der Waals surface area contributed by atoms with Gasteiger partial charge in [0.25, 0.3) is 0 Å². The molecule has 1 atom stereocenters. The lowest BCUT2D eigenvalue weighted by Crippen LogP contribution is -2.30. The molecule has 474 valence electrons. The molecular formula is C75H138O6. The van der Waals surface area contributed by atoms with E-state index >= 15 is 0 Å². The number of hydrogen-bond acceptors (Lipinski definition) is 6. The number of esters is 3. The van der Waals surface area contributed by atoms with Gasteiger partial charge in [-0.3, -0.25) is 14.4 Å². The highest BCUT2D eigenvalue weighted by Crippen LogP contribution is 2.18. The molecule has 0 amide bonds. The molecule has 0 rings (SSSR count). The van der Waals surface area contributed by atoms with E-state index in [1.54, 1.807) is 0 Å². The standard InChI is InChI=1S/C75H138O6/c1-4-7-10-13-16-19-22-25-28-31-33-34-35-36-37-38-39-40-42-44-47-50-53-56-59-62-65-68-74(77)80-71-72(70-79-73(76)67-64-61-58-55-52-49-46-43-30-27-24-21-18-15-12-9-6-3)81-75(78)69-66-63-60-57-54-51-48-45-41-32-29-26-23-20-17-14-11-8-5-2/h18,21-22,25,27,30-31,33,72H,4-17,19-20,23-24,26,28-29,32,34-71H2,1-3H3/b21-18-,25-22-,30-27-,33-31-. The largest absolute Gasteiger partial charge is 0.462 e. The van der Waals surface area contributed by atoms with Crippen LogP contribution in [0, 0.1) is 0 Å². The third-order valence-electron chi connectivity index (χ3n) is 16.3. The fraction of sp³-hybridized carbons (Fsp3) is 0.853. The minimum Gasteiger partial charge on any atom is -0.462 e. The van der Waals surface area contributed by atoms with E-state index in [4.69, 9.17) is 14.2 Å². The van der Waals surface area contributed by atoms with Gasteiger partial charge in [-0.15, -0.1) is 0 Å². The molecule has 0 aromatic carbocycles. The van der Waals surface area contributed by atoms with Gasteiger partial charge >= 0.3 is 17.9 Å². The average molecular weight is 1140 g/mol. The molecule has 0 aliphatic heterocycles. The van der Waals surface area contributed by atoms with Crippen molar-refractivity contribution in [2.45, 2.75) is 399 Å².